The van der Waals surface area contributed by atoms with Gasteiger partial charge in [-0.05, 0) is 42.0 Å². The van der Waals surface area contributed by atoms with Crippen LogP contribution in [-0.4, -0.2) is 36.6 Å². The maximum absolute atomic E-state index is 12.9. The Hall–Kier alpha value is -2.78. The van der Waals surface area contributed by atoms with E-state index in [0.29, 0.717) is 31.8 Å². The molecular weight excluding hydrogens is 418 g/mol. The summed E-state index contributed by atoms with van der Waals surface area (Å²) in [5.41, 5.74) is 1.86. The second kappa shape index (κ2) is 9.57. The van der Waals surface area contributed by atoms with Gasteiger partial charge in [0.15, 0.2) is 0 Å². The zero-order chi connectivity index (χ0) is 22.6. The molecule has 1 aliphatic heterocycles. The quantitative estimate of drug-likeness (QED) is 0.519. The first-order chi connectivity index (χ1) is 14.7. The van der Waals surface area contributed by atoms with Crippen molar-refractivity contribution < 1.29 is 18.1 Å². The monoisotopic (exact) mass is 445 g/mol. The van der Waals surface area contributed by atoms with Crippen LogP contribution < -0.4 is 5.32 Å². The average Bonchev–Trinajstić information content (AvgIpc) is 2.77. The van der Waals surface area contributed by atoms with Gasteiger partial charge in [0.25, 0.3) is 5.69 Å². The van der Waals surface area contributed by atoms with Crippen LogP contribution in [0.2, 0.25) is 0 Å². The van der Waals surface area contributed by atoms with Crippen LogP contribution in [0.25, 0.3) is 0 Å². The molecule has 8 nitrogen and oxygen atoms in total. The Bertz CT molecular complexity index is 1030. The molecule has 1 heterocycles. The van der Waals surface area contributed by atoms with E-state index in [1.807, 2.05) is 12.1 Å². The third-order valence-corrected chi connectivity index (χ3v) is 7.54. The summed E-state index contributed by atoms with van der Waals surface area (Å²) in [5.74, 6) is -0.0542. The van der Waals surface area contributed by atoms with E-state index >= 15 is 0 Å². The number of piperidine rings is 1. The molecule has 31 heavy (non-hydrogen) atoms. The van der Waals surface area contributed by atoms with Gasteiger partial charge in [0.1, 0.15) is 0 Å². The molecule has 0 radical (unpaired) electrons. The molecule has 1 N–H and O–H groups in total. The van der Waals surface area contributed by atoms with Gasteiger partial charge >= 0.3 is 0 Å². The number of nitrogens with zero attached hydrogens (tertiary/aromatic N) is 2. The number of carbonyl (C=O) groups excluding carboxylic acids is 1. The molecule has 2 aromatic carbocycles. The molecule has 1 fully saturated rings. The zero-order valence-electron chi connectivity index (χ0n) is 17.7. The van der Waals surface area contributed by atoms with Crippen molar-refractivity contribution in [3.63, 3.8) is 0 Å². The summed E-state index contributed by atoms with van der Waals surface area (Å²) in [4.78, 5) is 23.0. The van der Waals surface area contributed by atoms with E-state index < -0.39 is 14.9 Å². The van der Waals surface area contributed by atoms with Crippen LogP contribution in [0.5, 0.6) is 0 Å². The first kappa shape index (κ1) is 22.9. The van der Waals surface area contributed by atoms with E-state index in [1.54, 1.807) is 24.3 Å². The second-order valence-corrected chi connectivity index (χ2v) is 9.98. The summed E-state index contributed by atoms with van der Waals surface area (Å²) in [7, 11) is -3.57. The van der Waals surface area contributed by atoms with Crippen molar-refractivity contribution in [1.82, 2.24) is 9.62 Å². The normalized spacial score (nSPS) is 15.7. The van der Waals surface area contributed by atoms with Gasteiger partial charge in [-0.1, -0.05) is 38.1 Å². The lowest BCUT2D eigenvalue weighted by atomic mass is 9.97. The fourth-order valence-corrected chi connectivity index (χ4v) is 5.07. The van der Waals surface area contributed by atoms with Gasteiger partial charge in [-0.25, -0.2) is 8.42 Å². The van der Waals surface area contributed by atoms with Gasteiger partial charge in [-0.3, -0.25) is 14.9 Å². The molecule has 0 aliphatic carbocycles. The Kier molecular flexibility index (Phi) is 7.07. The molecule has 0 bridgehead atoms. The molecule has 0 spiro atoms. The number of amides is 1. The summed E-state index contributed by atoms with van der Waals surface area (Å²) in [5, 5.41) is 13.5. The first-order valence-electron chi connectivity index (χ1n) is 10.3. The summed E-state index contributed by atoms with van der Waals surface area (Å²) in [6.45, 7) is 4.98. The predicted molar refractivity (Wildman–Crippen MR) is 117 cm³/mol. The van der Waals surface area contributed by atoms with Crippen molar-refractivity contribution in [2.75, 3.05) is 13.1 Å². The molecule has 0 unspecified atom stereocenters. The van der Waals surface area contributed by atoms with Crippen molar-refractivity contribution in [1.29, 1.82) is 0 Å². The highest BCUT2D eigenvalue weighted by Gasteiger charge is 2.32. The molecular formula is C22H27N3O5S. The van der Waals surface area contributed by atoms with E-state index in [9.17, 15) is 23.3 Å². The summed E-state index contributed by atoms with van der Waals surface area (Å²) in [6, 6.07) is 13.0. The number of hydrogen-bond acceptors (Lipinski definition) is 5. The number of carbonyl (C=O) groups is 1. The molecule has 3 rings (SSSR count). The molecule has 0 saturated carbocycles. The Morgan fingerprint density at radius 1 is 1.10 bits per heavy atom. The fourth-order valence-electron chi connectivity index (χ4n) is 3.60. The molecule has 1 aliphatic rings. The lowest BCUT2D eigenvalue weighted by Crippen LogP contribution is -2.42. The highest BCUT2D eigenvalue weighted by atomic mass is 32.2. The molecule has 9 heteroatoms. The largest absolute Gasteiger partial charge is 0.352 e. The maximum atomic E-state index is 12.9. The fraction of sp³-hybridized carbons (Fsp3) is 0.409. The summed E-state index contributed by atoms with van der Waals surface area (Å²) in [6.07, 6.45) is 0.908. The predicted octanol–water partition coefficient (Wildman–Crippen LogP) is 3.44. The minimum Gasteiger partial charge on any atom is -0.352 e. The average molecular weight is 446 g/mol. The van der Waals surface area contributed by atoms with Crippen LogP contribution in [0.3, 0.4) is 0 Å². The minimum absolute atomic E-state index is 0.00232. The number of benzene rings is 2. The molecule has 0 atom stereocenters. The first-order valence-corrected chi connectivity index (χ1v) is 11.7. The third kappa shape index (κ3) is 5.48. The number of nitro benzene ring substituents is 1. The molecule has 1 amide bonds. The van der Waals surface area contributed by atoms with Gasteiger partial charge < -0.3 is 5.32 Å². The van der Waals surface area contributed by atoms with Gasteiger partial charge in [-0.2, -0.15) is 4.31 Å². The molecule has 2 aromatic rings. The Morgan fingerprint density at radius 3 is 2.19 bits per heavy atom. The van der Waals surface area contributed by atoms with Gasteiger partial charge in [0.05, 0.1) is 9.82 Å². The third-order valence-electron chi connectivity index (χ3n) is 5.62. The number of non-ortho nitro benzene ring substituents is 1. The molecule has 1 saturated heterocycles. The topological polar surface area (TPSA) is 110 Å². The van der Waals surface area contributed by atoms with E-state index in [0.717, 1.165) is 11.1 Å². The van der Waals surface area contributed by atoms with Crippen LogP contribution in [0.15, 0.2) is 53.4 Å². The number of nitrogens with one attached hydrogen (secondary N) is 1. The molecule has 166 valence electrons. The van der Waals surface area contributed by atoms with E-state index in [-0.39, 0.29) is 29.0 Å². The second-order valence-electron chi connectivity index (χ2n) is 8.04. The van der Waals surface area contributed by atoms with Crippen LogP contribution in [-0.2, 0) is 21.4 Å². The Labute approximate surface area is 182 Å². The standard InChI is InChI=1S/C22H27N3O5S/c1-16(2)18-5-9-21(10-6-18)31(29,30)24-13-11-19(12-14-24)22(26)23-15-17-3-7-20(8-4-17)25(27)28/h3-10,16,19H,11-15H2,1-2H3,(H,23,26). The van der Waals surface area contributed by atoms with E-state index in [1.165, 1.54) is 16.4 Å². The Morgan fingerprint density at radius 2 is 1.68 bits per heavy atom. The van der Waals surface area contributed by atoms with Crippen LogP contribution in [0, 0.1) is 16.0 Å². The number of nitro groups is 1. The summed E-state index contributed by atoms with van der Waals surface area (Å²) < 4.78 is 27.3. The van der Waals surface area contributed by atoms with Gasteiger partial charge in [0, 0.05) is 37.7 Å². The van der Waals surface area contributed by atoms with Crippen LogP contribution in [0.4, 0.5) is 5.69 Å². The zero-order valence-corrected chi connectivity index (χ0v) is 18.5. The van der Waals surface area contributed by atoms with Crippen LogP contribution >= 0.6 is 0 Å². The van der Waals surface area contributed by atoms with E-state index in [2.05, 4.69) is 19.2 Å². The minimum atomic E-state index is -3.57. The van der Waals surface area contributed by atoms with Crippen molar-refractivity contribution in [3.8, 4) is 0 Å². The van der Waals surface area contributed by atoms with Gasteiger partial charge in [0.2, 0.25) is 15.9 Å². The smallest absolute Gasteiger partial charge is 0.269 e. The van der Waals surface area contributed by atoms with Crippen molar-refractivity contribution in [2.45, 2.75) is 44.0 Å². The van der Waals surface area contributed by atoms with Crippen LogP contribution in [0.1, 0.15) is 43.7 Å². The lowest BCUT2D eigenvalue weighted by Gasteiger charge is -2.30. The van der Waals surface area contributed by atoms with E-state index in [4.69, 9.17) is 0 Å². The number of sulfonamides is 1. The number of hydrogen-bond donors (Lipinski definition) is 1. The molecule has 0 aromatic heterocycles. The number of rotatable bonds is 7. The lowest BCUT2D eigenvalue weighted by molar-refractivity contribution is -0.384. The van der Waals surface area contributed by atoms with Crippen molar-refractivity contribution >= 4 is 21.6 Å². The van der Waals surface area contributed by atoms with Crippen molar-refractivity contribution in [3.05, 3.63) is 69.8 Å². The Balaban J connectivity index is 1.53. The highest BCUT2D eigenvalue weighted by Crippen LogP contribution is 2.25. The van der Waals surface area contributed by atoms with Crippen molar-refractivity contribution in [2.24, 2.45) is 5.92 Å². The SMILES string of the molecule is CC(C)c1ccc(S(=O)(=O)N2CCC(C(=O)NCc3ccc([N+](=O)[O-])cc3)CC2)cc1. The maximum Gasteiger partial charge on any atom is 0.269 e. The summed E-state index contributed by atoms with van der Waals surface area (Å²) >= 11 is 0. The highest BCUT2D eigenvalue weighted by molar-refractivity contribution is 7.89. The van der Waals surface area contributed by atoms with Gasteiger partial charge in [-0.15, -0.1) is 0 Å².